The molecule has 2 aromatic rings. The summed E-state index contributed by atoms with van der Waals surface area (Å²) in [6, 6.07) is 6.94. The Labute approximate surface area is 114 Å². The highest BCUT2D eigenvalue weighted by molar-refractivity contribution is 5.92. The van der Waals surface area contributed by atoms with Gasteiger partial charge in [-0.2, -0.15) is 0 Å². The van der Waals surface area contributed by atoms with Crippen LogP contribution in [-0.2, 0) is 0 Å². The molecule has 1 saturated heterocycles. The molecular formula is C16H21N3. The Morgan fingerprint density at radius 2 is 2.16 bits per heavy atom. The first-order valence-corrected chi connectivity index (χ1v) is 7.28. The van der Waals surface area contributed by atoms with Gasteiger partial charge in [0.05, 0.1) is 5.52 Å². The first kappa shape index (κ1) is 12.4. The summed E-state index contributed by atoms with van der Waals surface area (Å²) in [5.41, 5.74) is 2.33. The van der Waals surface area contributed by atoms with Gasteiger partial charge in [0.15, 0.2) is 0 Å². The van der Waals surface area contributed by atoms with E-state index in [9.17, 15) is 0 Å². The van der Waals surface area contributed by atoms with Crippen LogP contribution < -0.4 is 4.90 Å². The van der Waals surface area contributed by atoms with Crippen molar-refractivity contribution in [3.63, 3.8) is 0 Å². The van der Waals surface area contributed by atoms with Crippen molar-refractivity contribution in [2.75, 3.05) is 11.4 Å². The normalized spacial score (nSPS) is 19.9. The minimum atomic E-state index is 0.631. The highest BCUT2D eigenvalue weighted by Gasteiger charge is 2.24. The lowest BCUT2D eigenvalue weighted by Crippen LogP contribution is -2.39. The van der Waals surface area contributed by atoms with Crippen LogP contribution >= 0.6 is 0 Å². The minimum Gasteiger partial charge on any atom is -0.353 e. The molecule has 0 bridgehead atoms. The third-order valence-electron chi connectivity index (χ3n) is 4.22. The number of rotatable bonds is 2. The van der Waals surface area contributed by atoms with E-state index in [1.54, 1.807) is 6.33 Å². The number of nitrogens with zero attached hydrogens (tertiary/aromatic N) is 3. The van der Waals surface area contributed by atoms with Crippen molar-refractivity contribution in [3.05, 3.63) is 30.1 Å². The Balaban J connectivity index is 2.13. The van der Waals surface area contributed by atoms with Crippen LogP contribution in [0.15, 0.2) is 24.5 Å². The molecule has 100 valence electrons. The summed E-state index contributed by atoms with van der Waals surface area (Å²) < 4.78 is 0. The van der Waals surface area contributed by atoms with Crippen molar-refractivity contribution >= 4 is 16.7 Å². The number of hydrogen-bond donors (Lipinski definition) is 0. The van der Waals surface area contributed by atoms with Gasteiger partial charge in [0.1, 0.15) is 12.1 Å². The number of benzene rings is 1. The van der Waals surface area contributed by atoms with Gasteiger partial charge in [-0.25, -0.2) is 9.97 Å². The molecule has 3 heteroatoms. The third-order valence-corrected chi connectivity index (χ3v) is 4.22. The van der Waals surface area contributed by atoms with Crippen LogP contribution in [0.1, 0.15) is 38.2 Å². The van der Waals surface area contributed by atoms with Crippen LogP contribution in [0.4, 0.5) is 5.82 Å². The first-order valence-electron chi connectivity index (χ1n) is 7.28. The number of hydrogen-bond acceptors (Lipinski definition) is 3. The summed E-state index contributed by atoms with van der Waals surface area (Å²) >= 11 is 0. The summed E-state index contributed by atoms with van der Waals surface area (Å²) in [6.07, 6.45) is 6.80. The molecule has 0 amide bonds. The van der Waals surface area contributed by atoms with E-state index >= 15 is 0 Å². The molecule has 1 aliphatic rings. The van der Waals surface area contributed by atoms with Crippen molar-refractivity contribution in [3.8, 4) is 0 Å². The Kier molecular flexibility index (Phi) is 3.36. The summed E-state index contributed by atoms with van der Waals surface area (Å²) in [7, 11) is 0. The molecule has 0 radical (unpaired) electrons. The maximum absolute atomic E-state index is 4.60. The molecule has 1 atom stereocenters. The molecule has 1 aromatic carbocycles. The Hall–Kier alpha value is -1.64. The predicted octanol–water partition coefficient (Wildman–Crippen LogP) is 3.71. The van der Waals surface area contributed by atoms with Crippen molar-refractivity contribution in [2.24, 2.45) is 0 Å². The second-order valence-corrected chi connectivity index (χ2v) is 5.42. The Bertz CT molecular complexity index is 574. The quantitative estimate of drug-likeness (QED) is 0.819. The zero-order valence-electron chi connectivity index (χ0n) is 11.8. The first-order chi connectivity index (χ1) is 9.31. The van der Waals surface area contributed by atoms with Gasteiger partial charge in [-0.15, -0.1) is 0 Å². The van der Waals surface area contributed by atoms with Gasteiger partial charge in [0, 0.05) is 18.0 Å². The molecule has 1 fully saturated rings. The van der Waals surface area contributed by atoms with Crippen LogP contribution in [0.2, 0.25) is 0 Å². The molecule has 0 aliphatic carbocycles. The fourth-order valence-corrected chi connectivity index (χ4v) is 3.18. The van der Waals surface area contributed by atoms with Gasteiger partial charge >= 0.3 is 0 Å². The van der Waals surface area contributed by atoms with Crippen molar-refractivity contribution in [1.82, 2.24) is 9.97 Å². The Morgan fingerprint density at radius 3 is 3.00 bits per heavy atom. The molecule has 1 aromatic heterocycles. The van der Waals surface area contributed by atoms with E-state index in [2.05, 4.69) is 46.9 Å². The van der Waals surface area contributed by atoms with Gasteiger partial charge in [0.2, 0.25) is 0 Å². The van der Waals surface area contributed by atoms with E-state index in [4.69, 9.17) is 0 Å². The van der Waals surface area contributed by atoms with Crippen LogP contribution in [0.25, 0.3) is 10.9 Å². The number of anilines is 1. The summed E-state index contributed by atoms with van der Waals surface area (Å²) in [5.74, 6) is 1.13. The predicted molar refractivity (Wildman–Crippen MR) is 79.6 cm³/mol. The van der Waals surface area contributed by atoms with Crippen LogP contribution in [-0.4, -0.2) is 22.6 Å². The van der Waals surface area contributed by atoms with Gasteiger partial charge in [-0.3, -0.25) is 0 Å². The largest absolute Gasteiger partial charge is 0.353 e. The van der Waals surface area contributed by atoms with E-state index < -0.39 is 0 Å². The lowest BCUT2D eigenvalue weighted by Gasteiger charge is -2.36. The average molecular weight is 255 g/mol. The average Bonchev–Trinajstić information content (AvgIpc) is 2.47. The fraction of sp³-hybridized carbons (Fsp3) is 0.500. The zero-order chi connectivity index (χ0) is 13.2. The van der Waals surface area contributed by atoms with Crippen molar-refractivity contribution < 1.29 is 0 Å². The van der Waals surface area contributed by atoms with Crippen LogP contribution in [0.3, 0.4) is 0 Å². The molecule has 0 spiro atoms. The number of fused-ring (bicyclic) bond motifs is 1. The van der Waals surface area contributed by atoms with Gasteiger partial charge in [-0.1, -0.05) is 19.1 Å². The topological polar surface area (TPSA) is 29.0 Å². The molecule has 1 aliphatic heterocycles. The molecule has 0 N–H and O–H groups in total. The third kappa shape index (κ3) is 2.18. The molecule has 3 rings (SSSR count). The number of piperidine rings is 1. The molecule has 19 heavy (non-hydrogen) atoms. The monoisotopic (exact) mass is 255 g/mol. The van der Waals surface area contributed by atoms with Crippen molar-refractivity contribution in [1.29, 1.82) is 0 Å². The van der Waals surface area contributed by atoms with Gasteiger partial charge in [-0.05, 0) is 44.2 Å². The summed E-state index contributed by atoms with van der Waals surface area (Å²) in [4.78, 5) is 11.5. The minimum absolute atomic E-state index is 0.631. The van der Waals surface area contributed by atoms with Gasteiger partial charge < -0.3 is 4.90 Å². The molecule has 0 saturated carbocycles. The van der Waals surface area contributed by atoms with E-state index in [1.807, 2.05) is 0 Å². The standard InChI is InChI=1S/C16H21N3/c1-3-13-8-4-5-10-19(13)16-15-12(2)7-6-9-14(15)17-11-18-16/h6-7,9,11,13H,3-5,8,10H2,1-2H3. The van der Waals surface area contributed by atoms with Crippen molar-refractivity contribution in [2.45, 2.75) is 45.6 Å². The molecule has 2 heterocycles. The maximum Gasteiger partial charge on any atom is 0.140 e. The smallest absolute Gasteiger partial charge is 0.140 e. The fourth-order valence-electron chi connectivity index (χ4n) is 3.18. The highest BCUT2D eigenvalue weighted by Crippen LogP contribution is 2.31. The molecule has 1 unspecified atom stereocenters. The molecular weight excluding hydrogens is 234 g/mol. The van der Waals surface area contributed by atoms with Crippen LogP contribution in [0, 0.1) is 6.92 Å². The summed E-state index contributed by atoms with van der Waals surface area (Å²) in [5, 5.41) is 1.23. The summed E-state index contributed by atoms with van der Waals surface area (Å²) in [6.45, 7) is 5.55. The highest BCUT2D eigenvalue weighted by atomic mass is 15.2. The number of aryl methyl sites for hydroxylation is 1. The second-order valence-electron chi connectivity index (χ2n) is 5.42. The second kappa shape index (κ2) is 5.16. The van der Waals surface area contributed by atoms with E-state index in [1.165, 1.54) is 36.6 Å². The molecule has 3 nitrogen and oxygen atoms in total. The number of aromatic nitrogens is 2. The maximum atomic E-state index is 4.60. The zero-order valence-corrected chi connectivity index (χ0v) is 11.8. The van der Waals surface area contributed by atoms with Gasteiger partial charge in [0.25, 0.3) is 0 Å². The van der Waals surface area contributed by atoms with Crippen LogP contribution in [0.5, 0.6) is 0 Å². The Morgan fingerprint density at radius 1 is 1.26 bits per heavy atom. The van der Waals surface area contributed by atoms with E-state index in [0.717, 1.165) is 17.9 Å². The lowest BCUT2D eigenvalue weighted by atomic mass is 9.99. The SMILES string of the molecule is CCC1CCCCN1c1ncnc2cccc(C)c12. The lowest BCUT2D eigenvalue weighted by molar-refractivity contribution is 0.447. The van der Waals surface area contributed by atoms with E-state index in [-0.39, 0.29) is 0 Å². The van der Waals surface area contributed by atoms with E-state index in [0.29, 0.717) is 6.04 Å².